The Morgan fingerprint density at radius 2 is 1.55 bits per heavy atom. The minimum atomic E-state index is -3.70. The number of carbonyl (C=O) groups excluding carboxylic acids is 1. The van der Waals surface area contributed by atoms with Crippen molar-refractivity contribution in [3.05, 3.63) is 83.4 Å². The average molecular weight is 580 g/mol. The third kappa shape index (κ3) is 6.54. The van der Waals surface area contributed by atoms with Gasteiger partial charge in [0.1, 0.15) is 11.3 Å². The van der Waals surface area contributed by atoms with Crippen LogP contribution in [0.25, 0.3) is 10.2 Å². The molecule has 3 aromatic carbocycles. The van der Waals surface area contributed by atoms with E-state index < -0.39 is 10.0 Å². The van der Waals surface area contributed by atoms with Gasteiger partial charge in [0.25, 0.3) is 5.91 Å². The summed E-state index contributed by atoms with van der Waals surface area (Å²) in [5.41, 5.74) is 3.10. The quantitative estimate of drug-likeness (QED) is 0.196. The van der Waals surface area contributed by atoms with Crippen molar-refractivity contribution in [2.24, 2.45) is 11.8 Å². The maximum Gasteiger partial charge on any atom is 0.260 e. The summed E-state index contributed by atoms with van der Waals surface area (Å²) in [5, 5.41) is 0.549. The number of methoxy groups -OCH3 is 1. The molecule has 1 aromatic heterocycles. The molecule has 4 aromatic rings. The van der Waals surface area contributed by atoms with E-state index in [-0.39, 0.29) is 22.6 Å². The molecule has 4 rings (SSSR count). The van der Waals surface area contributed by atoms with Gasteiger partial charge in [-0.15, -0.1) is 0 Å². The summed E-state index contributed by atoms with van der Waals surface area (Å²) < 4.78 is 35.0. The number of rotatable bonds is 11. The summed E-state index contributed by atoms with van der Waals surface area (Å²) >= 11 is 1.44. The molecule has 9 heteroatoms. The lowest BCUT2D eigenvalue weighted by Gasteiger charge is -2.26. The van der Waals surface area contributed by atoms with Crippen LogP contribution in [0.3, 0.4) is 0 Å². The van der Waals surface area contributed by atoms with Crippen molar-refractivity contribution in [2.45, 2.75) is 46.1 Å². The number of fused-ring (bicyclic) bond motifs is 1. The molecule has 40 heavy (non-hydrogen) atoms. The van der Waals surface area contributed by atoms with E-state index >= 15 is 0 Å². The van der Waals surface area contributed by atoms with Gasteiger partial charge in [-0.05, 0) is 60.2 Å². The largest absolute Gasteiger partial charge is 0.494 e. The van der Waals surface area contributed by atoms with Crippen molar-refractivity contribution in [1.29, 1.82) is 0 Å². The average Bonchev–Trinajstić information content (AvgIpc) is 3.37. The van der Waals surface area contributed by atoms with Gasteiger partial charge in [0.15, 0.2) is 5.13 Å². The summed E-state index contributed by atoms with van der Waals surface area (Å²) in [6, 6.07) is 19.8. The number of ether oxygens (including phenoxy) is 1. The van der Waals surface area contributed by atoms with Crippen LogP contribution in [0.15, 0.2) is 71.6 Å². The molecule has 212 valence electrons. The van der Waals surface area contributed by atoms with Crippen LogP contribution in [0.4, 0.5) is 5.13 Å². The van der Waals surface area contributed by atoms with Crippen LogP contribution in [-0.2, 0) is 16.6 Å². The molecule has 0 fully saturated rings. The van der Waals surface area contributed by atoms with Crippen LogP contribution in [-0.4, -0.2) is 43.8 Å². The summed E-state index contributed by atoms with van der Waals surface area (Å²) in [6.45, 7) is 11.2. The molecule has 0 aliphatic rings. The Morgan fingerprint density at radius 3 is 2.12 bits per heavy atom. The monoisotopic (exact) mass is 579 g/mol. The number of nitrogens with zero attached hydrogens (tertiary/aromatic N) is 3. The van der Waals surface area contributed by atoms with E-state index in [9.17, 15) is 13.2 Å². The molecule has 0 spiro atoms. The number of aryl methyl sites for hydroxylation is 1. The van der Waals surface area contributed by atoms with Gasteiger partial charge in [0.05, 0.1) is 23.2 Å². The van der Waals surface area contributed by atoms with Crippen LogP contribution in [0.5, 0.6) is 5.75 Å². The second kappa shape index (κ2) is 12.5. The van der Waals surface area contributed by atoms with Crippen molar-refractivity contribution in [1.82, 2.24) is 9.29 Å². The number of hydrogen-bond donors (Lipinski definition) is 0. The summed E-state index contributed by atoms with van der Waals surface area (Å²) in [5.74, 6) is 0.774. The summed E-state index contributed by atoms with van der Waals surface area (Å²) in [4.78, 5) is 20.6. The van der Waals surface area contributed by atoms with Crippen LogP contribution in [0, 0.1) is 18.8 Å². The predicted octanol–water partition coefficient (Wildman–Crippen LogP) is 6.76. The molecule has 0 unspecified atom stereocenters. The Morgan fingerprint density at radius 1 is 0.925 bits per heavy atom. The lowest BCUT2D eigenvalue weighted by molar-refractivity contribution is 0.0985. The fourth-order valence-electron chi connectivity index (χ4n) is 4.53. The molecule has 0 aliphatic heterocycles. The highest BCUT2D eigenvalue weighted by molar-refractivity contribution is 7.89. The highest BCUT2D eigenvalue weighted by Gasteiger charge is 2.27. The lowest BCUT2D eigenvalue weighted by atomic mass is 10.1. The molecule has 1 amide bonds. The summed E-state index contributed by atoms with van der Waals surface area (Å²) in [7, 11) is -2.09. The number of aromatic nitrogens is 1. The second-order valence-corrected chi connectivity index (χ2v) is 13.7. The normalized spacial score (nSPS) is 12.0. The third-order valence-corrected chi connectivity index (χ3v) is 9.51. The van der Waals surface area contributed by atoms with Gasteiger partial charge in [-0.1, -0.05) is 75.4 Å². The first-order chi connectivity index (χ1) is 19.0. The molecular weight excluding hydrogens is 542 g/mol. The van der Waals surface area contributed by atoms with Crippen molar-refractivity contribution >= 4 is 42.6 Å². The Kier molecular flexibility index (Phi) is 9.28. The third-order valence-electron chi connectivity index (χ3n) is 6.45. The smallest absolute Gasteiger partial charge is 0.260 e. The number of anilines is 1. The van der Waals surface area contributed by atoms with E-state index in [1.54, 1.807) is 24.1 Å². The zero-order chi connectivity index (χ0) is 29.0. The van der Waals surface area contributed by atoms with Gasteiger partial charge in [-0.3, -0.25) is 9.69 Å². The standard InChI is InChI=1S/C31H37N3O4S2/c1-21(2)18-33(19-22(3)4)40(36,37)26-15-13-25(14-16-26)30(35)34(20-24-10-8-7-9-11-24)31-32-28-27(38-6)17-12-23(5)29(28)39-31/h7-17,21-22H,18-20H2,1-6H3. The zero-order valence-corrected chi connectivity index (χ0v) is 25.6. The van der Waals surface area contributed by atoms with Gasteiger partial charge >= 0.3 is 0 Å². The van der Waals surface area contributed by atoms with Crippen LogP contribution in [0.2, 0.25) is 0 Å². The van der Waals surface area contributed by atoms with E-state index in [0.29, 0.717) is 41.6 Å². The SMILES string of the molecule is COc1ccc(C)c2sc(N(Cc3ccccc3)C(=O)c3ccc(S(=O)(=O)N(CC(C)C)CC(C)C)cc3)nc12. The molecule has 0 saturated heterocycles. The minimum Gasteiger partial charge on any atom is -0.494 e. The molecule has 7 nitrogen and oxygen atoms in total. The van der Waals surface area contributed by atoms with E-state index in [1.807, 2.05) is 77.1 Å². The molecule has 0 N–H and O–H groups in total. The fraction of sp³-hybridized carbons (Fsp3) is 0.355. The molecule has 0 saturated carbocycles. The Labute approximate surface area is 241 Å². The highest BCUT2D eigenvalue weighted by atomic mass is 32.2. The van der Waals surface area contributed by atoms with Crippen molar-refractivity contribution in [3.8, 4) is 5.75 Å². The minimum absolute atomic E-state index is 0.181. The Hall–Kier alpha value is -3.27. The van der Waals surface area contributed by atoms with Gasteiger partial charge in [-0.25, -0.2) is 13.4 Å². The van der Waals surface area contributed by atoms with Crippen LogP contribution >= 0.6 is 11.3 Å². The van der Waals surface area contributed by atoms with Crippen LogP contribution in [0.1, 0.15) is 49.2 Å². The first-order valence-electron chi connectivity index (χ1n) is 13.4. The van der Waals surface area contributed by atoms with Gasteiger partial charge < -0.3 is 4.74 Å². The number of thiazole rings is 1. The van der Waals surface area contributed by atoms with E-state index in [2.05, 4.69) is 0 Å². The molecular formula is C31H37N3O4S2. The number of carbonyl (C=O) groups is 1. The van der Waals surface area contributed by atoms with Crippen molar-refractivity contribution in [2.75, 3.05) is 25.1 Å². The molecule has 0 atom stereocenters. The topological polar surface area (TPSA) is 79.8 Å². The molecule has 1 heterocycles. The highest BCUT2D eigenvalue weighted by Crippen LogP contribution is 2.37. The maximum absolute atomic E-state index is 14.0. The molecule has 0 aliphatic carbocycles. The first kappa shape index (κ1) is 29.7. The van der Waals surface area contributed by atoms with Crippen molar-refractivity contribution in [3.63, 3.8) is 0 Å². The number of sulfonamides is 1. The molecule has 0 radical (unpaired) electrons. The first-order valence-corrected chi connectivity index (χ1v) is 15.7. The van der Waals surface area contributed by atoms with E-state index in [1.165, 1.54) is 27.8 Å². The number of benzene rings is 3. The zero-order valence-electron chi connectivity index (χ0n) is 23.9. The van der Waals surface area contributed by atoms with Crippen LogP contribution < -0.4 is 9.64 Å². The van der Waals surface area contributed by atoms with Gasteiger partial charge in [-0.2, -0.15) is 4.31 Å². The number of amides is 1. The Bertz CT molecular complexity index is 1550. The van der Waals surface area contributed by atoms with Crippen molar-refractivity contribution < 1.29 is 17.9 Å². The summed E-state index contributed by atoms with van der Waals surface area (Å²) in [6.07, 6.45) is 0. The fourth-order valence-corrected chi connectivity index (χ4v) is 7.35. The number of hydrogen-bond acceptors (Lipinski definition) is 6. The maximum atomic E-state index is 14.0. The Balaban J connectivity index is 1.71. The second-order valence-electron chi connectivity index (χ2n) is 10.8. The van der Waals surface area contributed by atoms with E-state index in [0.717, 1.165) is 15.8 Å². The van der Waals surface area contributed by atoms with Gasteiger partial charge in [0, 0.05) is 18.7 Å². The molecule has 0 bridgehead atoms. The van der Waals surface area contributed by atoms with E-state index in [4.69, 9.17) is 9.72 Å². The van der Waals surface area contributed by atoms with Gasteiger partial charge in [0.2, 0.25) is 10.0 Å². The predicted molar refractivity (Wildman–Crippen MR) is 163 cm³/mol. The lowest BCUT2D eigenvalue weighted by Crippen LogP contribution is -2.37.